The second-order valence-corrected chi connectivity index (χ2v) is 7.99. The molecule has 3 heterocycles. The van der Waals surface area contributed by atoms with Crippen LogP contribution in [0.15, 0.2) is 55.1 Å². The van der Waals surface area contributed by atoms with Crippen LogP contribution in [0.25, 0.3) is 15.9 Å². The first-order valence-corrected chi connectivity index (χ1v) is 10.3. The molecule has 1 saturated carbocycles. The molecule has 9 heteroatoms. The van der Waals surface area contributed by atoms with E-state index in [9.17, 15) is 4.79 Å². The van der Waals surface area contributed by atoms with E-state index in [1.54, 1.807) is 36.0 Å². The topological polar surface area (TPSA) is 97.6 Å². The molecule has 4 aromatic rings. The largest absolute Gasteiger partial charge is 0.357 e. The lowest BCUT2D eigenvalue weighted by Gasteiger charge is -2.22. The number of benzene rings is 1. The molecular weight excluding hydrogens is 386 g/mol. The van der Waals surface area contributed by atoms with E-state index in [1.807, 2.05) is 30.5 Å². The van der Waals surface area contributed by atoms with Crippen molar-refractivity contribution in [3.63, 3.8) is 0 Å². The summed E-state index contributed by atoms with van der Waals surface area (Å²) < 4.78 is 1.05. The van der Waals surface area contributed by atoms with Crippen molar-refractivity contribution in [2.45, 2.75) is 31.3 Å². The van der Waals surface area contributed by atoms with E-state index in [0.717, 1.165) is 34.6 Å². The number of rotatable bonds is 5. The second-order valence-electron chi connectivity index (χ2n) is 6.96. The molecule has 1 amide bonds. The number of thiazole rings is 1. The smallest absolute Gasteiger partial charge is 0.253 e. The van der Waals surface area contributed by atoms with Crippen LogP contribution < -0.4 is 10.6 Å². The summed E-state index contributed by atoms with van der Waals surface area (Å²) in [6.45, 7) is 0. The predicted molar refractivity (Wildman–Crippen MR) is 111 cm³/mol. The third-order valence-electron chi connectivity index (χ3n) is 5.12. The molecule has 0 bridgehead atoms. The van der Waals surface area contributed by atoms with Gasteiger partial charge < -0.3 is 10.6 Å². The van der Waals surface area contributed by atoms with E-state index in [-0.39, 0.29) is 18.0 Å². The Hall–Kier alpha value is -3.33. The molecule has 2 atom stereocenters. The predicted octanol–water partition coefficient (Wildman–Crippen LogP) is 3.04. The molecule has 1 aliphatic rings. The number of para-hydroxylation sites is 1. The van der Waals surface area contributed by atoms with Gasteiger partial charge in [0.05, 0.1) is 33.9 Å². The van der Waals surface area contributed by atoms with E-state index in [2.05, 4.69) is 30.8 Å². The maximum absolute atomic E-state index is 13.0. The molecule has 0 spiro atoms. The van der Waals surface area contributed by atoms with Crippen LogP contribution in [0.5, 0.6) is 0 Å². The van der Waals surface area contributed by atoms with Crippen molar-refractivity contribution < 1.29 is 4.79 Å². The summed E-state index contributed by atoms with van der Waals surface area (Å²) in [6, 6.07) is 9.44. The molecule has 0 aliphatic heterocycles. The van der Waals surface area contributed by atoms with Crippen molar-refractivity contribution in [2.75, 3.05) is 5.32 Å². The maximum atomic E-state index is 13.0. The molecule has 146 valence electrons. The third kappa shape index (κ3) is 3.56. The Morgan fingerprint density at radius 2 is 1.90 bits per heavy atom. The number of nitrogens with one attached hydrogen (secondary N) is 2. The number of fused-ring (bicyclic) bond motifs is 1. The van der Waals surface area contributed by atoms with Gasteiger partial charge in [0.15, 0.2) is 5.13 Å². The lowest BCUT2D eigenvalue weighted by atomic mass is 10.1. The van der Waals surface area contributed by atoms with Gasteiger partial charge in [0.2, 0.25) is 0 Å². The fourth-order valence-corrected chi connectivity index (χ4v) is 4.63. The quantitative estimate of drug-likeness (QED) is 0.530. The third-order valence-corrected chi connectivity index (χ3v) is 6.05. The Labute approximate surface area is 171 Å². The van der Waals surface area contributed by atoms with Crippen molar-refractivity contribution in [2.24, 2.45) is 0 Å². The molecule has 0 saturated heterocycles. The SMILES string of the molecule is O=C(N[C@H]1CCC[C@@H]1Nc1nc2ccncc2s1)c1ccccc1-n1nccn1. The number of carbonyl (C=O) groups is 1. The molecule has 8 nitrogen and oxygen atoms in total. The normalized spacial score (nSPS) is 18.8. The number of aromatic nitrogens is 5. The van der Waals surface area contributed by atoms with Gasteiger partial charge in [0, 0.05) is 24.5 Å². The molecule has 1 aliphatic carbocycles. The Morgan fingerprint density at radius 3 is 2.76 bits per heavy atom. The number of hydrogen-bond acceptors (Lipinski definition) is 7. The highest BCUT2D eigenvalue weighted by molar-refractivity contribution is 7.22. The lowest BCUT2D eigenvalue weighted by Crippen LogP contribution is -2.43. The molecule has 2 N–H and O–H groups in total. The van der Waals surface area contributed by atoms with Crippen molar-refractivity contribution in [3.8, 4) is 5.69 Å². The highest BCUT2D eigenvalue weighted by Gasteiger charge is 2.30. The van der Waals surface area contributed by atoms with Gasteiger partial charge in [-0.25, -0.2) is 4.98 Å². The highest BCUT2D eigenvalue weighted by atomic mass is 32.1. The summed E-state index contributed by atoms with van der Waals surface area (Å²) >= 11 is 1.58. The number of pyridine rings is 1. The minimum Gasteiger partial charge on any atom is -0.357 e. The Balaban J connectivity index is 1.33. The molecule has 5 rings (SSSR count). The first-order valence-electron chi connectivity index (χ1n) is 9.51. The average molecular weight is 405 g/mol. The molecule has 0 radical (unpaired) electrons. The van der Waals surface area contributed by atoms with Crippen LogP contribution in [0.4, 0.5) is 5.13 Å². The molecule has 1 aromatic carbocycles. The summed E-state index contributed by atoms with van der Waals surface area (Å²) in [4.78, 5) is 23.3. The van der Waals surface area contributed by atoms with Crippen LogP contribution in [0.2, 0.25) is 0 Å². The van der Waals surface area contributed by atoms with E-state index >= 15 is 0 Å². The lowest BCUT2D eigenvalue weighted by molar-refractivity contribution is 0.0935. The summed E-state index contributed by atoms with van der Waals surface area (Å²) in [7, 11) is 0. The highest BCUT2D eigenvalue weighted by Crippen LogP contribution is 2.29. The van der Waals surface area contributed by atoms with E-state index in [4.69, 9.17) is 0 Å². The minimum atomic E-state index is -0.120. The summed E-state index contributed by atoms with van der Waals surface area (Å²) in [6.07, 6.45) is 9.73. The summed E-state index contributed by atoms with van der Waals surface area (Å²) in [5, 5.41) is 15.9. The van der Waals surface area contributed by atoms with Crippen molar-refractivity contribution in [1.29, 1.82) is 0 Å². The molecule has 29 heavy (non-hydrogen) atoms. The number of hydrogen-bond donors (Lipinski definition) is 2. The van der Waals surface area contributed by atoms with E-state index in [1.165, 1.54) is 4.80 Å². The Bertz CT molecular complexity index is 1110. The standard InChI is InChI=1S/C20H19N7OS/c28-19(13-4-1-2-7-17(13)27-22-10-11-23-27)24-14-5-3-6-15(14)25-20-26-16-8-9-21-12-18(16)29-20/h1-2,4,7-12,14-15H,3,5-6H2,(H,24,28)(H,25,26)/t14-,15-/m0/s1. The van der Waals surface area contributed by atoms with Crippen LogP contribution in [0.1, 0.15) is 29.6 Å². The van der Waals surface area contributed by atoms with Crippen molar-refractivity contribution >= 4 is 32.6 Å². The Morgan fingerprint density at radius 1 is 1.07 bits per heavy atom. The minimum absolute atomic E-state index is 0.0336. The van der Waals surface area contributed by atoms with E-state index < -0.39 is 0 Å². The van der Waals surface area contributed by atoms with Crippen LogP contribution in [0.3, 0.4) is 0 Å². The van der Waals surface area contributed by atoms with Gasteiger partial charge in [-0.1, -0.05) is 23.5 Å². The first kappa shape index (κ1) is 17.7. The average Bonchev–Trinajstić information content (AvgIpc) is 3.49. The van der Waals surface area contributed by atoms with Crippen molar-refractivity contribution in [1.82, 2.24) is 30.3 Å². The fourth-order valence-electron chi connectivity index (χ4n) is 3.73. The first-order chi connectivity index (χ1) is 14.3. The van der Waals surface area contributed by atoms with Gasteiger partial charge in [0.25, 0.3) is 5.91 Å². The van der Waals surface area contributed by atoms with Crippen LogP contribution in [-0.2, 0) is 0 Å². The zero-order chi connectivity index (χ0) is 19.6. The maximum Gasteiger partial charge on any atom is 0.253 e. The zero-order valence-electron chi connectivity index (χ0n) is 15.5. The second kappa shape index (κ2) is 7.59. The zero-order valence-corrected chi connectivity index (χ0v) is 16.3. The number of amides is 1. The summed E-state index contributed by atoms with van der Waals surface area (Å²) in [5.41, 5.74) is 2.16. The van der Waals surface area contributed by atoms with Crippen LogP contribution in [0, 0.1) is 0 Å². The fraction of sp³-hybridized carbons (Fsp3) is 0.250. The van der Waals surface area contributed by atoms with Gasteiger partial charge in [-0.05, 0) is 37.5 Å². The van der Waals surface area contributed by atoms with Gasteiger partial charge in [-0.15, -0.1) is 0 Å². The van der Waals surface area contributed by atoms with E-state index in [0.29, 0.717) is 11.3 Å². The monoisotopic (exact) mass is 405 g/mol. The number of anilines is 1. The van der Waals surface area contributed by atoms with Gasteiger partial charge in [0.1, 0.15) is 0 Å². The number of nitrogens with zero attached hydrogens (tertiary/aromatic N) is 5. The summed E-state index contributed by atoms with van der Waals surface area (Å²) in [5.74, 6) is -0.120. The van der Waals surface area contributed by atoms with Gasteiger partial charge in [-0.3, -0.25) is 9.78 Å². The van der Waals surface area contributed by atoms with Crippen LogP contribution in [-0.4, -0.2) is 43.0 Å². The number of carbonyl (C=O) groups excluding carboxylic acids is 1. The molecular formula is C20H19N7OS. The Kier molecular flexibility index (Phi) is 4.65. The van der Waals surface area contributed by atoms with Crippen LogP contribution >= 0.6 is 11.3 Å². The van der Waals surface area contributed by atoms with Gasteiger partial charge >= 0.3 is 0 Å². The molecule has 0 unspecified atom stereocenters. The molecule has 3 aromatic heterocycles. The molecule has 1 fully saturated rings. The van der Waals surface area contributed by atoms with Gasteiger partial charge in [-0.2, -0.15) is 15.0 Å². The van der Waals surface area contributed by atoms with Crippen molar-refractivity contribution in [3.05, 3.63) is 60.7 Å².